The van der Waals surface area contributed by atoms with Crippen LogP contribution in [0, 0.1) is 5.41 Å². The highest BCUT2D eigenvalue weighted by Gasteiger charge is 2.29. The summed E-state index contributed by atoms with van der Waals surface area (Å²) < 4.78 is 0. The fourth-order valence-corrected chi connectivity index (χ4v) is 1.87. The van der Waals surface area contributed by atoms with Crippen molar-refractivity contribution in [2.24, 2.45) is 11.1 Å². The summed E-state index contributed by atoms with van der Waals surface area (Å²) in [5, 5.41) is 0. The number of aromatic nitrogens is 2. The fourth-order valence-electron chi connectivity index (χ4n) is 1.87. The second-order valence-electron chi connectivity index (χ2n) is 5.59. The van der Waals surface area contributed by atoms with E-state index in [1.807, 2.05) is 6.07 Å². The van der Waals surface area contributed by atoms with Gasteiger partial charge < -0.3 is 5.73 Å². The van der Waals surface area contributed by atoms with Gasteiger partial charge >= 0.3 is 0 Å². The van der Waals surface area contributed by atoms with Crippen LogP contribution in [0.4, 0.5) is 0 Å². The van der Waals surface area contributed by atoms with Crippen LogP contribution in [0.2, 0.25) is 0 Å². The molecule has 2 unspecified atom stereocenters. The summed E-state index contributed by atoms with van der Waals surface area (Å²) >= 11 is 0. The van der Waals surface area contributed by atoms with Gasteiger partial charge in [0.15, 0.2) is 0 Å². The van der Waals surface area contributed by atoms with E-state index >= 15 is 0 Å². The molecule has 4 nitrogen and oxygen atoms in total. The average molecular weight is 236 g/mol. The molecule has 0 bridgehead atoms. The molecule has 0 aliphatic heterocycles. The van der Waals surface area contributed by atoms with Crippen LogP contribution in [0.15, 0.2) is 18.6 Å². The van der Waals surface area contributed by atoms with Crippen LogP contribution in [-0.4, -0.2) is 34.5 Å². The Morgan fingerprint density at radius 2 is 2.06 bits per heavy atom. The van der Waals surface area contributed by atoms with Crippen LogP contribution < -0.4 is 5.73 Å². The Balaban J connectivity index is 2.89. The highest BCUT2D eigenvalue weighted by molar-refractivity contribution is 5.06. The third kappa shape index (κ3) is 3.48. The molecule has 2 atom stereocenters. The molecule has 0 saturated heterocycles. The molecule has 17 heavy (non-hydrogen) atoms. The number of hydrogen-bond acceptors (Lipinski definition) is 4. The van der Waals surface area contributed by atoms with Crippen molar-refractivity contribution < 1.29 is 0 Å². The molecule has 0 radical (unpaired) electrons. The Hall–Kier alpha value is -1.00. The zero-order valence-electron chi connectivity index (χ0n) is 11.5. The lowest BCUT2D eigenvalue weighted by Crippen LogP contribution is -2.44. The summed E-state index contributed by atoms with van der Waals surface area (Å²) in [6.07, 6.45) is 3.34. The molecule has 1 rings (SSSR count). The van der Waals surface area contributed by atoms with Crippen LogP contribution in [0.25, 0.3) is 0 Å². The van der Waals surface area contributed by atoms with Gasteiger partial charge in [-0.25, -0.2) is 9.97 Å². The van der Waals surface area contributed by atoms with E-state index in [1.165, 1.54) is 0 Å². The number of nitrogens with two attached hydrogens (primary N) is 1. The van der Waals surface area contributed by atoms with Gasteiger partial charge in [0.05, 0.1) is 11.7 Å². The van der Waals surface area contributed by atoms with E-state index < -0.39 is 0 Å². The Kier molecular flexibility index (Phi) is 4.60. The van der Waals surface area contributed by atoms with Crippen molar-refractivity contribution in [1.29, 1.82) is 0 Å². The molecular weight excluding hydrogens is 212 g/mol. The lowest BCUT2D eigenvalue weighted by Gasteiger charge is -2.39. The van der Waals surface area contributed by atoms with Crippen molar-refractivity contribution in [2.45, 2.75) is 39.8 Å². The molecule has 96 valence electrons. The number of hydrogen-bond donors (Lipinski definition) is 1. The molecule has 1 aromatic heterocycles. The van der Waals surface area contributed by atoms with Gasteiger partial charge in [-0.3, -0.25) is 4.90 Å². The zero-order chi connectivity index (χ0) is 13.1. The van der Waals surface area contributed by atoms with Crippen molar-refractivity contribution in [3.8, 4) is 0 Å². The minimum Gasteiger partial charge on any atom is -0.329 e. The van der Waals surface area contributed by atoms with E-state index in [4.69, 9.17) is 5.73 Å². The van der Waals surface area contributed by atoms with E-state index in [0.717, 1.165) is 5.69 Å². The molecule has 0 saturated carbocycles. The highest BCUT2D eigenvalue weighted by atomic mass is 15.2. The Bertz CT molecular complexity index is 331. The van der Waals surface area contributed by atoms with Crippen LogP contribution in [0.5, 0.6) is 0 Å². The lowest BCUT2D eigenvalue weighted by molar-refractivity contribution is 0.0982. The van der Waals surface area contributed by atoms with Gasteiger partial charge in [-0.05, 0) is 25.5 Å². The van der Waals surface area contributed by atoms with E-state index in [1.54, 1.807) is 12.5 Å². The molecule has 0 amide bonds. The van der Waals surface area contributed by atoms with Crippen LogP contribution in [-0.2, 0) is 0 Å². The summed E-state index contributed by atoms with van der Waals surface area (Å²) in [5.74, 6) is 0. The minimum atomic E-state index is 0.146. The van der Waals surface area contributed by atoms with Crippen molar-refractivity contribution in [1.82, 2.24) is 14.9 Å². The van der Waals surface area contributed by atoms with E-state index in [0.29, 0.717) is 12.6 Å². The molecule has 0 aliphatic carbocycles. The molecule has 0 spiro atoms. The van der Waals surface area contributed by atoms with Gasteiger partial charge in [-0.1, -0.05) is 20.8 Å². The molecule has 1 heterocycles. The molecule has 4 heteroatoms. The predicted molar refractivity (Wildman–Crippen MR) is 70.5 cm³/mol. The Labute approximate surface area is 104 Å². The maximum Gasteiger partial charge on any atom is 0.115 e. The number of nitrogens with zero attached hydrogens (tertiary/aromatic N) is 3. The predicted octanol–water partition coefficient (Wildman–Crippen LogP) is 1.84. The van der Waals surface area contributed by atoms with Gasteiger partial charge in [0.2, 0.25) is 0 Å². The van der Waals surface area contributed by atoms with Crippen LogP contribution in [0.3, 0.4) is 0 Å². The first kappa shape index (κ1) is 14.1. The molecule has 2 N–H and O–H groups in total. The second-order valence-corrected chi connectivity index (χ2v) is 5.59. The lowest BCUT2D eigenvalue weighted by atomic mass is 9.86. The maximum absolute atomic E-state index is 5.88. The van der Waals surface area contributed by atoms with Gasteiger partial charge in [0.1, 0.15) is 6.33 Å². The SMILES string of the molecule is CC(N(C)C(CN)c1ccncn1)C(C)(C)C. The monoisotopic (exact) mass is 236 g/mol. The zero-order valence-corrected chi connectivity index (χ0v) is 11.5. The molecule has 0 aromatic carbocycles. The molecule has 1 aromatic rings. The smallest absolute Gasteiger partial charge is 0.115 e. The van der Waals surface area contributed by atoms with Crippen molar-refractivity contribution >= 4 is 0 Å². The van der Waals surface area contributed by atoms with Crippen LogP contribution in [0.1, 0.15) is 39.4 Å². The standard InChI is InChI=1S/C13H24N4/c1-10(13(2,3)4)17(5)12(8-14)11-6-7-15-9-16-11/h6-7,9-10,12H,8,14H2,1-5H3. The maximum atomic E-state index is 5.88. The van der Waals surface area contributed by atoms with Crippen molar-refractivity contribution in [3.05, 3.63) is 24.3 Å². The van der Waals surface area contributed by atoms with Crippen LogP contribution >= 0.6 is 0 Å². The highest BCUT2D eigenvalue weighted by Crippen LogP contribution is 2.28. The van der Waals surface area contributed by atoms with Gasteiger partial charge in [-0.15, -0.1) is 0 Å². The quantitative estimate of drug-likeness (QED) is 0.866. The number of rotatable bonds is 4. The first-order chi connectivity index (χ1) is 7.88. The molecular formula is C13H24N4. The summed E-state index contributed by atoms with van der Waals surface area (Å²) in [6, 6.07) is 2.50. The fraction of sp³-hybridized carbons (Fsp3) is 0.692. The largest absolute Gasteiger partial charge is 0.329 e. The summed E-state index contributed by atoms with van der Waals surface area (Å²) in [4.78, 5) is 10.5. The Morgan fingerprint density at radius 1 is 1.41 bits per heavy atom. The van der Waals surface area contributed by atoms with Crippen molar-refractivity contribution in [3.63, 3.8) is 0 Å². The normalized spacial score (nSPS) is 15.9. The summed E-state index contributed by atoms with van der Waals surface area (Å²) in [5.41, 5.74) is 7.09. The van der Waals surface area contributed by atoms with Crippen molar-refractivity contribution in [2.75, 3.05) is 13.6 Å². The topological polar surface area (TPSA) is 55.0 Å². The van der Waals surface area contributed by atoms with Gasteiger partial charge in [-0.2, -0.15) is 0 Å². The number of likely N-dealkylation sites (N-methyl/N-ethyl adjacent to an activating group) is 1. The minimum absolute atomic E-state index is 0.146. The third-order valence-electron chi connectivity index (χ3n) is 3.53. The first-order valence-corrected chi connectivity index (χ1v) is 6.06. The first-order valence-electron chi connectivity index (χ1n) is 6.06. The van der Waals surface area contributed by atoms with E-state index in [2.05, 4.69) is 49.6 Å². The Morgan fingerprint density at radius 3 is 2.47 bits per heavy atom. The van der Waals surface area contributed by atoms with E-state index in [-0.39, 0.29) is 11.5 Å². The second kappa shape index (κ2) is 5.56. The van der Waals surface area contributed by atoms with Gasteiger partial charge in [0, 0.05) is 18.8 Å². The third-order valence-corrected chi connectivity index (χ3v) is 3.53. The molecule has 0 aliphatic rings. The summed E-state index contributed by atoms with van der Waals surface area (Å²) in [7, 11) is 2.11. The molecule has 0 fully saturated rings. The van der Waals surface area contributed by atoms with Gasteiger partial charge in [0.25, 0.3) is 0 Å². The average Bonchev–Trinajstić information content (AvgIpc) is 2.29. The van der Waals surface area contributed by atoms with E-state index in [9.17, 15) is 0 Å². The summed E-state index contributed by atoms with van der Waals surface area (Å²) in [6.45, 7) is 9.50.